The summed E-state index contributed by atoms with van der Waals surface area (Å²) in [6, 6.07) is 0. The lowest BCUT2D eigenvalue weighted by Gasteiger charge is -2.00. The zero-order valence-electron chi connectivity index (χ0n) is 7.71. The highest BCUT2D eigenvalue weighted by Crippen LogP contribution is 2.06. The molecule has 0 bridgehead atoms. The molecule has 15 heavy (non-hydrogen) atoms. The third kappa shape index (κ3) is 3.11. The standard InChI is InChI=1S/C8H8N4O3/c1-2-3-9-8(13)6-11-5-7(4-10-11)12(14)15/h1,4-5H,3,6H2,(H,9,13). The van der Waals surface area contributed by atoms with Crippen LogP contribution in [0.1, 0.15) is 0 Å². The highest BCUT2D eigenvalue weighted by molar-refractivity contribution is 5.75. The van der Waals surface area contributed by atoms with Gasteiger partial charge in [-0.15, -0.1) is 6.42 Å². The summed E-state index contributed by atoms with van der Waals surface area (Å²) in [5.41, 5.74) is -0.153. The highest BCUT2D eigenvalue weighted by atomic mass is 16.6. The zero-order valence-corrected chi connectivity index (χ0v) is 7.71. The van der Waals surface area contributed by atoms with E-state index in [1.807, 2.05) is 0 Å². The molecular weight excluding hydrogens is 200 g/mol. The van der Waals surface area contributed by atoms with E-state index in [0.717, 1.165) is 6.20 Å². The third-order valence-electron chi connectivity index (χ3n) is 1.52. The van der Waals surface area contributed by atoms with E-state index in [9.17, 15) is 14.9 Å². The van der Waals surface area contributed by atoms with Gasteiger partial charge in [0, 0.05) is 0 Å². The van der Waals surface area contributed by atoms with Crippen LogP contribution >= 0.6 is 0 Å². The van der Waals surface area contributed by atoms with Crippen molar-refractivity contribution in [1.82, 2.24) is 15.1 Å². The number of aromatic nitrogens is 2. The molecule has 0 aliphatic rings. The molecule has 0 spiro atoms. The van der Waals surface area contributed by atoms with Crippen LogP contribution in [-0.4, -0.2) is 27.2 Å². The van der Waals surface area contributed by atoms with Gasteiger partial charge < -0.3 is 5.32 Å². The molecule has 0 saturated heterocycles. The maximum atomic E-state index is 11.1. The van der Waals surface area contributed by atoms with Gasteiger partial charge in [-0.2, -0.15) is 5.10 Å². The van der Waals surface area contributed by atoms with E-state index in [4.69, 9.17) is 6.42 Å². The van der Waals surface area contributed by atoms with Gasteiger partial charge in [0.2, 0.25) is 5.91 Å². The lowest BCUT2D eigenvalue weighted by atomic mass is 10.5. The van der Waals surface area contributed by atoms with Gasteiger partial charge in [0.1, 0.15) is 18.9 Å². The number of rotatable bonds is 4. The molecular formula is C8H8N4O3. The van der Waals surface area contributed by atoms with Crippen LogP contribution < -0.4 is 5.32 Å². The average molecular weight is 208 g/mol. The van der Waals surface area contributed by atoms with E-state index in [0.29, 0.717) is 0 Å². The second-order valence-electron chi connectivity index (χ2n) is 2.63. The Kier molecular flexibility index (Phi) is 3.40. The van der Waals surface area contributed by atoms with Gasteiger partial charge in [0.15, 0.2) is 0 Å². The van der Waals surface area contributed by atoms with Gasteiger partial charge in [-0.25, -0.2) is 0 Å². The highest BCUT2D eigenvalue weighted by Gasteiger charge is 2.10. The predicted octanol–water partition coefficient (Wildman–Crippen LogP) is -0.459. The Morgan fingerprint density at radius 2 is 2.53 bits per heavy atom. The van der Waals surface area contributed by atoms with Crippen molar-refractivity contribution in [1.29, 1.82) is 0 Å². The normalized spacial score (nSPS) is 9.27. The van der Waals surface area contributed by atoms with Crippen LogP contribution in [0.4, 0.5) is 5.69 Å². The molecule has 0 aliphatic heterocycles. The number of carbonyl (C=O) groups excluding carboxylic acids is 1. The fourth-order valence-corrected chi connectivity index (χ4v) is 0.886. The number of nitrogens with zero attached hydrogens (tertiary/aromatic N) is 3. The minimum Gasteiger partial charge on any atom is -0.344 e. The number of nitrogens with one attached hydrogen (secondary N) is 1. The van der Waals surface area contributed by atoms with Crippen LogP contribution in [-0.2, 0) is 11.3 Å². The fraction of sp³-hybridized carbons (Fsp3) is 0.250. The summed E-state index contributed by atoms with van der Waals surface area (Å²) >= 11 is 0. The van der Waals surface area contributed by atoms with Crippen molar-refractivity contribution in [2.45, 2.75) is 6.54 Å². The predicted molar refractivity (Wildman–Crippen MR) is 50.7 cm³/mol. The number of carbonyl (C=O) groups is 1. The lowest BCUT2D eigenvalue weighted by Crippen LogP contribution is -2.27. The topological polar surface area (TPSA) is 90.1 Å². The van der Waals surface area contributed by atoms with Crippen LogP contribution in [0.2, 0.25) is 0 Å². The van der Waals surface area contributed by atoms with E-state index in [2.05, 4.69) is 16.3 Å². The summed E-state index contributed by atoms with van der Waals surface area (Å²) in [7, 11) is 0. The average Bonchev–Trinajstić information content (AvgIpc) is 2.63. The molecule has 1 aromatic rings. The van der Waals surface area contributed by atoms with Crippen molar-refractivity contribution in [2.24, 2.45) is 0 Å². The molecule has 1 rings (SSSR count). The first-order valence-corrected chi connectivity index (χ1v) is 4.00. The summed E-state index contributed by atoms with van der Waals surface area (Å²) in [4.78, 5) is 20.8. The zero-order chi connectivity index (χ0) is 11.3. The molecule has 0 fully saturated rings. The first kappa shape index (κ1) is 10.7. The lowest BCUT2D eigenvalue weighted by molar-refractivity contribution is -0.385. The molecule has 78 valence electrons. The van der Waals surface area contributed by atoms with Crippen LogP contribution in [0.3, 0.4) is 0 Å². The summed E-state index contributed by atoms with van der Waals surface area (Å²) in [6.07, 6.45) is 7.19. The molecule has 0 radical (unpaired) electrons. The Morgan fingerprint density at radius 3 is 3.07 bits per heavy atom. The van der Waals surface area contributed by atoms with Gasteiger partial charge in [-0.3, -0.25) is 19.6 Å². The molecule has 0 aliphatic carbocycles. The first-order chi connectivity index (χ1) is 7.13. The molecule has 1 aromatic heterocycles. The SMILES string of the molecule is C#CCNC(=O)Cn1cc([N+](=O)[O-])cn1. The summed E-state index contributed by atoms with van der Waals surface area (Å²) in [5.74, 6) is 1.90. The van der Waals surface area contributed by atoms with Gasteiger partial charge in [-0.1, -0.05) is 5.92 Å². The molecule has 1 N–H and O–H groups in total. The van der Waals surface area contributed by atoms with Crippen molar-refractivity contribution in [3.63, 3.8) is 0 Å². The molecule has 0 aromatic carbocycles. The van der Waals surface area contributed by atoms with Gasteiger partial charge in [0.25, 0.3) is 0 Å². The van der Waals surface area contributed by atoms with E-state index < -0.39 is 4.92 Å². The molecule has 0 saturated carbocycles. The Bertz CT molecular complexity index is 418. The monoisotopic (exact) mass is 208 g/mol. The maximum absolute atomic E-state index is 11.1. The second-order valence-corrected chi connectivity index (χ2v) is 2.63. The number of amides is 1. The minimum atomic E-state index is -0.581. The summed E-state index contributed by atoms with van der Waals surface area (Å²) in [5, 5.41) is 16.4. The van der Waals surface area contributed by atoms with Crippen LogP contribution in [0.25, 0.3) is 0 Å². The van der Waals surface area contributed by atoms with E-state index in [-0.39, 0.29) is 24.7 Å². The Balaban J connectivity index is 2.54. The molecule has 7 heteroatoms. The van der Waals surface area contributed by atoms with Crippen molar-refractivity contribution in [3.05, 3.63) is 22.5 Å². The van der Waals surface area contributed by atoms with Crippen molar-refractivity contribution in [3.8, 4) is 12.3 Å². The fourth-order valence-electron chi connectivity index (χ4n) is 0.886. The van der Waals surface area contributed by atoms with Crippen molar-refractivity contribution < 1.29 is 9.72 Å². The molecule has 0 atom stereocenters. The van der Waals surface area contributed by atoms with Gasteiger partial charge in [0.05, 0.1) is 11.5 Å². The summed E-state index contributed by atoms with van der Waals surface area (Å²) < 4.78 is 1.17. The van der Waals surface area contributed by atoms with E-state index in [1.165, 1.54) is 10.9 Å². The molecule has 1 amide bonds. The van der Waals surface area contributed by atoms with Crippen LogP contribution in [0.5, 0.6) is 0 Å². The minimum absolute atomic E-state index is 0.0878. The number of hydrogen-bond acceptors (Lipinski definition) is 4. The smallest absolute Gasteiger partial charge is 0.307 e. The summed E-state index contributed by atoms with van der Waals surface area (Å²) in [6.45, 7) is 0.0394. The molecule has 7 nitrogen and oxygen atoms in total. The first-order valence-electron chi connectivity index (χ1n) is 4.00. The number of hydrogen-bond donors (Lipinski definition) is 1. The second kappa shape index (κ2) is 4.76. The Labute approximate surface area is 85.2 Å². The Morgan fingerprint density at radius 1 is 1.80 bits per heavy atom. The van der Waals surface area contributed by atoms with E-state index in [1.54, 1.807) is 0 Å². The van der Waals surface area contributed by atoms with Crippen molar-refractivity contribution >= 4 is 11.6 Å². The third-order valence-corrected chi connectivity index (χ3v) is 1.52. The van der Waals surface area contributed by atoms with Gasteiger partial charge >= 0.3 is 5.69 Å². The maximum Gasteiger partial charge on any atom is 0.307 e. The number of terminal acetylenes is 1. The van der Waals surface area contributed by atoms with Crippen LogP contribution in [0, 0.1) is 22.5 Å². The van der Waals surface area contributed by atoms with Crippen LogP contribution in [0.15, 0.2) is 12.4 Å². The quantitative estimate of drug-likeness (QED) is 0.412. The van der Waals surface area contributed by atoms with Crippen molar-refractivity contribution in [2.75, 3.05) is 6.54 Å². The molecule has 1 heterocycles. The Hall–Kier alpha value is -2.36. The number of nitro groups is 1. The molecule has 0 unspecified atom stereocenters. The van der Waals surface area contributed by atoms with E-state index >= 15 is 0 Å². The largest absolute Gasteiger partial charge is 0.344 e. The van der Waals surface area contributed by atoms with Gasteiger partial charge in [-0.05, 0) is 0 Å².